The zero-order chi connectivity index (χ0) is 11.3. The first kappa shape index (κ1) is 10.4. The molecule has 0 saturated heterocycles. The summed E-state index contributed by atoms with van der Waals surface area (Å²) >= 11 is 3.60. The van der Waals surface area contributed by atoms with E-state index >= 15 is 0 Å². The van der Waals surface area contributed by atoms with E-state index in [0.717, 1.165) is 35.2 Å². The second kappa shape index (κ2) is 3.37. The van der Waals surface area contributed by atoms with Crippen LogP contribution in [0, 0.1) is 6.92 Å². The molecule has 16 heavy (non-hydrogen) atoms. The molecule has 2 N–H and O–H groups in total. The maximum absolute atomic E-state index is 6.17. The minimum Gasteiger partial charge on any atom is -0.454 e. The molecule has 0 unspecified atom stereocenters. The van der Waals surface area contributed by atoms with Crippen molar-refractivity contribution in [1.29, 1.82) is 0 Å². The van der Waals surface area contributed by atoms with Crippen LogP contribution in [0.25, 0.3) is 0 Å². The van der Waals surface area contributed by atoms with Crippen LogP contribution in [-0.4, -0.2) is 12.3 Å². The van der Waals surface area contributed by atoms with Gasteiger partial charge in [-0.1, -0.05) is 0 Å². The molecule has 1 saturated carbocycles. The summed E-state index contributed by atoms with van der Waals surface area (Å²) in [5.41, 5.74) is 8.65. The smallest absolute Gasteiger partial charge is 0.231 e. The zero-order valence-corrected chi connectivity index (χ0v) is 10.8. The van der Waals surface area contributed by atoms with Crippen molar-refractivity contribution >= 4 is 15.9 Å². The van der Waals surface area contributed by atoms with Gasteiger partial charge in [0.05, 0.1) is 4.47 Å². The van der Waals surface area contributed by atoms with Crippen molar-refractivity contribution in [3.8, 4) is 11.5 Å². The second-order valence-corrected chi connectivity index (χ2v) is 5.55. The molecule has 0 amide bonds. The van der Waals surface area contributed by atoms with E-state index in [0.29, 0.717) is 6.79 Å². The lowest BCUT2D eigenvalue weighted by Gasteiger charge is -2.14. The summed E-state index contributed by atoms with van der Waals surface area (Å²) in [5, 5.41) is 0. The van der Waals surface area contributed by atoms with Crippen molar-refractivity contribution in [3.05, 3.63) is 21.7 Å². The summed E-state index contributed by atoms with van der Waals surface area (Å²) in [6.07, 6.45) is 3.15. The van der Waals surface area contributed by atoms with E-state index < -0.39 is 0 Å². The quantitative estimate of drug-likeness (QED) is 0.907. The molecule has 3 rings (SSSR count). The first-order valence-electron chi connectivity index (χ1n) is 5.45. The van der Waals surface area contributed by atoms with Crippen molar-refractivity contribution < 1.29 is 9.47 Å². The van der Waals surface area contributed by atoms with Crippen LogP contribution in [0.1, 0.15) is 24.0 Å². The summed E-state index contributed by atoms with van der Waals surface area (Å²) in [6, 6.07) is 2.04. The molecule has 0 atom stereocenters. The second-order valence-electron chi connectivity index (χ2n) is 4.76. The van der Waals surface area contributed by atoms with Gasteiger partial charge in [-0.15, -0.1) is 0 Å². The Morgan fingerprint density at radius 3 is 2.88 bits per heavy atom. The Balaban J connectivity index is 2.03. The summed E-state index contributed by atoms with van der Waals surface area (Å²) in [4.78, 5) is 0. The molecule has 1 heterocycles. The maximum Gasteiger partial charge on any atom is 0.231 e. The summed E-state index contributed by atoms with van der Waals surface area (Å²) in [6.45, 7) is 2.40. The van der Waals surface area contributed by atoms with Crippen molar-refractivity contribution in [1.82, 2.24) is 0 Å². The van der Waals surface area contributed by atoms with Gasteiger partial charge in [0.2, 0.25) is 6.79 Å². The van der Waals surface area contributed by atoms with Crippen molar-refractivity contribution in [3.63, 3.8) is 0 Å². The van der Waals surface area contributed by atoms with Gasteiger partial charge >= 0.3 is 0 Å². The third-order valence-electron chi connectivity index (χ3n) is 3.35. The van der Waals surface area contributed by atoms with E-state index in [2.05, 4.69) is 22.9 Å². The molecule has 0 aromatic heterocycles. The first-order valence-corrected chi connectivity index (χ1v) is 6.25. The van der Waals surface area contributed by atoms with Crippen LogP contribution in [0.15, 0.2) is 10.5 Å². The number of benzene rings is 1. The van der Waals surface area contributed by atoms with E-state index in [-0.39, 0.29) is 5.54 Å². The van der Waals surface area contributed by atoms with E-state index in [1.807, 2.05) is 6.07 Å². The van der Waals surface area contributed by atoms with Crippen molar-refractivity contribution in [2.45, 2.75) is 31.7 Å². The number of rotatable bonds is 2. The number of aryl methyl sites for hydroxylation is 1. The Bertz CT molecular complexity index is 455. The van der Waals surface area contributed by atoms with Gasteiger partial charge in [-0.25, -0.2) is 0 Å². The Morgan fingerprint density at radius 2 is 2.19 bits per heavy atom. The SMILES string of the molecule is Cc1cc2c(c(Br)c1CC1(N)CC1)OCO2. The fourth-order valence-corrected chi connectivity index (χ4v) is 2.83. The maximum atomic E-state index is 6.17. The highest BCUT2D eigenvalue weighted by molar-refractivity contribution is 9.10. The number of nitrogens with two attached hydrogens (primary N) is 1. The van der Waals surface area contributed by atoms with Crippen molar-refractivity contribution in [2.24, 2.45) is 5.73 Å². The molecule has 1 fully saturated rings. The fourth-order valence-electron chi connectivity index (χ4n) is 2.07. The number of hydrogen-bond donors (Lipinski definition) is 1. The number of ether oxygens (including phenoxy) is 2. The topological polar surface area (TPSA) is 44.5 Å². The first-order chi connectivity index (χ1) is 7.59. The predicted molar refractivity (Wildman–Crippen MR) is 64.9 cm³/mol. The third kappa shape index (κ3) is 1.60. The summed E-state index contributed by atoms with van der Waals surface area (Å²) < 4.78 is 11.8. The molecule has 1 aliphatic heterocycles. The number of halogens is 1. The van der Waals surface area contributed by atoms with Crippen molar-refractivity contribution in [2.75, 3.05) is 6.79 Å². The van der Waals surface area contributed by atoms with Crippen LogP contribution < -0.4 is 15.2 Å². The number of fused-ring (bicyclic) bond motifs is 1. The van der Waals surface area contributed by atoms with E-state index in [9.17, 15) is 0 Å². The van der Waals surface area contributed by atoms with Crippen LogP contribution >= 0.6 is 15.9 Å². The van der Waals surface area contributed by atoms with E-state index in [1.165, 1.54) is 11.1 Å². The van der Waals surface area contributed by atoms with Gasteiger partial charge < -0.3 is 15.2 Å². The lowest BCUT2D eigenvalue weighted by atomic mass is 9.99. The van der Waals surface area contributed by atoms with E-state index in [1.54, 1.807) is 0 Å². The molecule has 1 aliphatic carbocycles. The summed E-state index contributed by atoms with van der Waals surface area (Å²) in [7, 11) is 0. The molecular formula is C12H14BrNO2. The van der Waals surface area contributed by atoms with Gasteiger partial charge in [0.1, 0.15) is 0 Å². The summed E-state index contributed by atoms with van der Waals surface area (Å²) in [5.74, 6) is 1.65. The minimum absolute atomic E-state index is 0.0149. The lowest BCUT2D eigenvalue weighted by Crippen LogP contribution is -2.25. The molecule has 3 nitrogen and oxygen atoms in total. The average molecular weight is 284 g/mol. The van der Waals surface area contributed by atoms with Crippen LogP contribution in [0.3, 0.4) is 0 Å². The van der Waals surface area contributed by atoms with E-state index in [4.69, 9.17) is 15.2 Å². The van der Waals surface area contributed by atoms with Crippen LogP contribution in [0.2, 0.25) is 0 Å². The highest BCUT2D eigenvalue weighted by atomic mass is 79.9. The van der Waals surface area contributed by atoms with Crippen LogP contribution in [-0.2, 0) is 6.42 Å². The third-order valence-corrected chi connectivity index (χ3v) is 4.19. The fraction of sp³-hybridized carbons (Fsp3) is 0.500. The van der Waals surface area contributed by atoms with Gasteiger partial charge in [-0.2, -0.15) is 0 Å². The standard InChI is InChI=1S/C12H14BrNO2/c1-7-4-9-11(16-6-15-9)10(13)8(7)5-12(14)2-3-12/h4H,2-3,5-6,14H2,1H3. The normalized spacial score (nSPS) is 19.9. The minimum atomic E-state index is 0.0149. The molecule has 1 aromatic carbocycles. The Kier molecular flexibility index (Phi) is 2.20. The molecular weight excluding hydrogens is 270 g/mol. The Morgan fingerprint density at radius 1 is 1.44 bits per heavy atom. The van der Waals surface area contributed by atoms with Crippen LogP contribution in [0.4, 0.5) is 0 Å². The largest absolute Gasteiger partial charge is 0.454 e. The Hall–Kier alpha value is -0.740. The Labute approximate surface area is 103 Å². The van der Waals surface area contributed by atoms with Gasteiger partial charge in [-0.3, -0.25) is 0 Å². The average Bonchev–Trinajstić information content (AvgIpc) is 2.77. The molecule has 4 heteroatoms. The number of hydrogen-bond acceptors (Lipinski definition) is 3. The molecule has 86 valence electrons. The lowest BCUT2D eigenvalue weighted by molar-refractivity contribution is 0.173. The molecule has 0 bridgehead atoms. The van der Waals surface area contributed by atoms with Gasteiger partial charge in [0, 0.05) is 5.54 Å². The predicted octanol–water partition coefficient (Wildman–Crippen LogP) is 2.52. The molecule has 0 radical (unpaired) electrons. The molecule has 1 aromatic rings. The monoisotopic (exact) mass is 283 g/mol. The van der Waals surface area contributed by atoms with Crippen LogP contribution in [0.5, 0.6) is 11.5 Å². The van der Waals surface area contributed by atoms with Gasteiger partial charge in [-0.05, 0) is 59.3 Å². The molecule has 2 aliphatic rings. The highest BCUT2D eigenvalue weighted by Gasteiger charge is 2.39. The highest BCUT2D eigenvalue weighted by Crippen LogP contribution is 2.46. The van der Waals surface area contributed by atoms with Gasteiger partial charge in [0.25, 0.3) is 0 Å². The van der Waals surface area contributed by atoms with Gasteiger partial charge in [0.15, 0.2) is 11.5 Å². The zero-order valence-electron chi connectivity index (χ0n) is 9.18. The molecule has 0 spiro atoms.